The average Bonchev–Trinajstić information content (AvgIpc) is 3.40. The molecule has 0 fully saturated rings. The van der Waals surface area contributed by atoms with Gasteiger partial charge >= 0.3 is 19.3 Å². The van der Waals surface area contributed by atoms with Gasteiger partial charge in [0.15, 0.2) is 0 Å². The summed E-state index contributed by atoms with van der Waals surface area (Å²) >= 11 is 12.1. The second-order valence-electron chi connectivity index (χ2n) is 18.0. The van der Waals surface area contributed by atoms with Crippen LogP contribution in [0.3, 0.4) is 0 Å². The van der Waals surface area contributed by atoms with E-state index in [-0.39, 0.29) is 0 Å². The first-order chi connectivity index (χ1) is 36.7. The van der Waals surface area contributed by atoms with Gasteiger partial charge in [0.2, 0.25) is 17.6 Å². The maximum Gasteiger partial charge on any atom is 0.488 e. The molecule has 0 unspecified atom stereocenters. The lowest BCUT2D eigenvalue weighted by molar-refractivity contribution is 0.0512. The molecule has 4 aromatic heterocycles. The zero-order valence-corrected chi connectivity index (χ0v) is 48.9. The Morgan fingerprint density at radius 3 is 1.26 bits per heavy atom. The topological polar surface area (TPSA) is 222 Å². The highest BCUT2D eigenvalue weighted by atomic mass is 79.9. The Bertz CT molecular complexity index is 2800. The van der Waals surface area contributed by atoms with E-state index in [4.69, 9.17) is 51.1 Å². The van der Waals surface area contributed by atoms with E-state index in [1.54, 1.807) is 69.8 Å². The lowest BCUT2D eigenvalue weighted by atomic mass is 9.80. The molecule has 0 bridgehead atoms. The minimum absolute atomic E-state index is 0.330. The molecular weight excluding hydrogens is 1130 g/mol. The maximum absolute atomic E-state index is 11.7. The quantitative estimate of drug-likeness (QED) is 0.0505. The van der Waals surface area contributed by atoms with Crippen LogP contribution in [-0.2, 0) is 29.1 Å². The summed E-state index contributed by atoms with van der Waals surface area (Å²) in [6.07, 6.45) is 5.91. The third-order valence-electron chi connectivity index (χ3n) is 9.54. The number of halogens is 3. The van der Waals surface area contributed by atoms with Gasteiger partial charge < -0.3 is 50.1 Å². The fourth-order valence-corrected chi connectivity index (χ4v) is 6.86. The highest BCUT2D eigenvalue weighted by molar-refractivity contribution is 9.10. The number of nitrogens with one attached hydrogen (secondary N) is 2. The van der Waals surface area contributed by atoms with E-state index in [2.05, 4.69) is 62.4 Å². The zero-order valence-electron chi connectivity index (χ0n) is 44.9. The molecule has 0 spiro atoms. The van der Waals surface area contributed by atoms with Crippen LogP contribution in [0.25, 0.3) is 22.3 Å². The number of carbonyl (C=O) groups excluding carboxylic acids is 2. The summed E-state index contributed by atoms with van der Waals surface area (Å²) in [6, 6.07) is 37.9. The van der Waals surface area contributed by atoms with Crippen LogP contribution in [0.2, 0.25) is 5.15 Å². The van der Waals surface area contributed by atoms with Gasteiger partial charge in [-0.05, 0) is 176 Å². The fourth-order valence-electron chi connectivity index (χ4n) is 6.11. The van der Waals surface area contributed by atoms with Gasteiger partial charge in [-0.15, -0.1) is 0 Å². The molecular formula is C57H69BBr2ClN7O9. The summed E-state index contributed by atoms with van der Waals surface area (Å²) in [7, 11) is -1.47. The van der Waals surface area contributed by atoms with Gasteiger partial charge in [0.25, 0.3) is 0 Å². The zero-order chi connectivity index (χ0) is 56.8. The summed E-state index contributed by atoms with van der Waals surface area (Å²) < 4.78 is 28.3. The molecule has 0 aliphatic heterocycles. The molecule has 20 heteroatoms. The van der Waals surface area contributed by atoms with Gasteiger partial charge in [-0.3, -0.25) is 0 Å². The van der Waals surface area contributed by atoms with E-state index in [9.17, 15) is 9.59 Å². The largest absolute Gasteiger partial charge is 0.488 e. The number of carbonyl (C=O) groups is 2. The minimum atomic E-state index is -1.47. The van der Waals surface area contributed by atoms with Gasteiger partial charge in [-0.1, -0.05) is 84.4 Å². The van der Waals surface area contributed by atoms with Crippen LogP contribution in [0.15, 0.2) is 155 Å². The molecule has 2 amide bonds. The standard InChI is InChI=1S/C19H24N2O3.C14H16N2O.C12H18BNO4.C7H8BrNO.C5H3BrClN/c1-5-23-17-16(7-6-12-20-17)15-10-8-14(9-11-15)13-21-18(22)24-19(2,3)4;1-2-17-14-13(4-3-9-16-14)12-7-5-11(10-15)6-8-12;1-12(2,3)18-11(15)14-8-9-4-6-10(7-5-9)13(16)17;1-2-10-7-6(8)4-3-5-9-7;6-4-2-1-3-8-5(4)7/h6-12H,5,13H2,1-4H3,(H,21,22);3-9H,2,10,15H2,1H3;4-7,16-17H,8H2,1-3H3,(H,14,15);3-5H,2H2,1H3;1-3H. The van der Waals surface area contributed by atoms with E-state index >= 15 is 0 Å². The first-order valence-corrected chi connectivity index (χ1v) is 26.5. The Labute approximate surface area is 474 Å². The molecule has 7 aromatic rings. The third-order valence-corrected chi connectivity index (χ3v) is 11.3. The van der Waals surface area contributed by atoms with Crippen LogP contribution >= 0.6 is 43.5 Å². The number of benzene rings is 3. The van der Waals surface area contributed by atoms with Crippen molar-refractivity contribution in [1.29, 1.82) is 0 Å². The Morgan fingerprint density at radius 2 is 0.909 bits per heavy atom. The normalized spacial score (nSPS) is 10.4. The highest BCUT2D eigenvalue weighted by Gasteiger charge is 2.17. The third kappa shape index (κ3) is 25.9. The monoisotopic (exact) mass is 1200 g/mol. The van der Waals surface area contributed by atoms with Crippen molar-refractivity contribution in [2.24, 2.45) is 5.73 Å². The molecule has 16 nitrogen and oxygen atoms in total. The first kappa shape index (κ1) is 64.7. The van der Waals surface area contributed by atoms with E-state index in [1.807, 2.05) is 139 Å². The van der Waals surface area contributed by atoms with Crippen molar-refractivity contribution >= 4 is 68.2 Å². The van der Waals surface area contributed by atoms with Gasteiger partial charge in [-0.2, -0.15) is 0 Å². The SMILES string of the molecule is CC(C)(C)OC(=O)NCc1ccc(B(O)O)cc1.CCOc1ncccc1-c1ccc(CN)cc1.CCOc1ncccc1-c1ccc(CNC(=O)OC(C)(C)C)cc1.CCOc1ncccc1Br.Clc1ncccc1Br. The number of rotatable bonds is 14. The van der Waals surface area contributed by atoms with E-state index in [0.29, 0.717) is 67.7 Å². The van der Waals surface area contributed by atoms with E-state index < -0.39 is 30.5 Å². The number of hydrogen-bond acceptors (Lipinski definition) is 14. The molecule has 3 aromatic carbocycles. The van der Waals surface area contributed by atoms with Crippen LogP contribution in [-0.4, -0.2) is 80.3 Å². The molecule has 0 aliphatic rings. The summed E-state index contributed by atoms with van der Waals surface area (Å²) in [5, 5.41) is 23.7. The van der Waals surface area contributed by atoms with Crippen LogP contribution in [0, 0.1) is 0 Å². The Kier molecular flexibility index (Phi) is 28.7. The molecule has 410 valence electrons. The van der Waals surface area contributed by atoms with Crippen molar-refractivity contribution in [1.82, 2.24) is 30.6 Å². The molecule has 4 heterocycles. The maximum atomic E-state index is 11.7. The molecule has 0 aliphatic carbocycles. The van der Waals surface area contributed by atoms with Crippen LogP contribution in [0.1, 0.15) is 79.0 Å². The Morgan fingerprint density at radius 1 is 0.545 bits per heavy atom. The Balaban J connectivity index is 0.000000265. The smallest absolute Gasteiger partial charge is 0.478 e. The predicted molar refractivity (Wildman–Crippen MR) is 312 cm³/mol. The molecule has 0 saturated heterocycles. The number of nitrogens with two attached hydrogens (primary N) is 1. The highest BCUT2D eigenvalue weighted by Crippen LogP contribution is 2.29. The molecule has 0 saturated carbocycles. The van der Waals surface area contributed by atoms with Gasteiger partial charge in [0.1, 0.15) is 16.4 Å². The summed E-state index contributed by atoms with van der Waals surface area (Å²) in [4.78, 5) is 39.4. The van der Waals surface area contributed by atoms with Crippen molar-refractivity contribution in [3.8, 4) is 39.9 Å². The second kappa shape index (κ2) is 34.2. The lowest BCUT2D eigenvalue weighted by Crippen LogP contribution is -2.32. The molecule has 0 atom stereocenters. The number of nitrogens with zero attached hydrogens (tertiary/aromatic N) is 4. The summed E-state index contributed by atoms with van der Waals surface area (Å²) in [5.41, 5.74) is 12.0. The molecule has 77 heavy (non-hydrogen) atoms. The van der Waals surface area contributed by atoms with Gasteiger partial charge in [0, 0.05) is 55.5 Å². The van der Waals surface area contributed by atoms with Crippen molar-refractivity contribution in [3.05, 3.63) is 177 Å². The minimum Gasteiger partial charge on any atom is -0.478 e. The van der Waals surface area contributed by atoms with Crippen LogP contribution in [0.4, 0.5) is 9.59 Å². The van der Waals surface area contributed by atoms with Crippen molar-refractivity contribution in [2.45, 2.75) is 93.2 Å². The van der Waals surface area contributed by atoms with E-state index in [0.717, 1.165) is 47.9 Å². The second-order valence-corrected chi connectivity index (χ2v) is 20.1. The van der Waals surface area contributed by atoms with E-state index in [1.165, 1.54) is 0 Å². The fraction of sp³-hybridized carbons (Fsp3) is 0.298. The predicted octanol–water partition coefficient (Wildman–Crippen LogP) is 11.9. The van der Waals surface area contributed by atoms with Crippen molar-refractivity contribution in [2.75, 3.05) is 19.8 Å². The van der Waals surface area contributed by atoms with Crippen LogP contribution < -0.4 is 36.0 Å². The van der Waals surface area contributed by atoms with Crippen molar-refractivity contribution in [3.63, 3.8) is 0 Å². The number of ether oxygens (including phenoxy) is 5. The number of pyridine rings is 4. The Hall–Kier alpha value is -6.61. The van der Waals surface area contributed by atoms with Gasteiger partial charge in [-0.25, -0.2) is 29.5 Å². The molecule has 7 rings (SSSR count). The number of aromatic nitrogens is 4. The van der Waals surface area contributed by atoms with Crippen molar-refractivity contribution < 1.29 is 43.3 Å². The summed E-state index contributed by atoms with van der Waals surface area (Å²) in [6.45, 7) is 19.9. The first-order valence-electron chi connectivity index (χ1n) is 24.6. The summed E-state index contributed by atoms with van der Waals surface area (Å²) in [5.74, 6) is 1.96. The number of alkyl carbamates (subject to hydrolysis) is 2. The molecule has 0 radical (unpaired) electrons. The molecule has 6 N–H and O–H groups in total. The lowest BCUT2D eigenvalue weighted by Gasteiger charge is -2.19. The van der Waals surface area contributed by atoms with Crippen LogP contribution in [0.5, 0.6) is 17.6 Å². The number of amides is 2. The van der Waals surface area contributed by atoms with Gasteiger partial charge in [0.05, 0.1) is 28.8 Å². The average molecular weight is 1200 g/mol. The number of hydrogen-bond donors (Lipinski definition) is 5.